The van der Waals surface area contributed by atoms with Gasteiger partial charge in [0.15, 0.2) is 6.61 Å². The number of hydrogen-bond donors (Lipinski definition) is 1. The number of nitrogens with zero attached hydrogens (tertiary/aromatic N) is 1. The molecule has 2 N–H and O–H groups in total. The number of rotatable bonds is 4. The van der Waals surface area contributed by atoms with Gasteiger partial charge in [0.05, 0.1) is 0 Å². The highest BCUT2D eigenvalue weighted by atomic mass is 16.5. The minimum absolute atomic E-state index is 0.0360. The van der Waals surface area contributed by atoms with Crippen LogP contribution >= 0.6 is 0 Å². The van der Waals surface area contributed by atoms with Crippen LogP contribution in [0.2, 0.25) is 0 Å². The molecule has 1 aliphatic heterocycles. The quantitative estimate of drug-likeness (QED) is 0.897. The van der Waals surface area contributed by atoms with Crippen LogP contribution in [0.15, 0.2) is 18.2 Å². The maximum atomic E-state index is 12.1. The van der Waals surface area contributed by atoms with E-state index in [1.807, 2.05) is 36.9 Å². The van der Waals surface area contributed by atoms with Crippen LogP contribution in [0.4, 0.5) is 0 Å². The van der Waals surface area contributed by atoms with E-state index in [1.165, 1.54) is 0 Å². The fraction of sp³-hybridized carbons (Fsp3) is 0.533. The highest BCUT2D eigenvalue weighted by molar-refractivity contribution is 5.78. The molecular weight excluding hydrogens is 240 g/mol. The average Bonchev–Trinajstić information content (AvgIpc) is 2.88. The molecule has 0 unspecified atom stereocenters. The first-order chi connectivity index (χ1) is 9.11. The van der Waals surface area contributed by atoms with Crippen molar-refractivity contribution in [2.75, 3.05) is 19.7 Å². The summed E-state index contributed by atoms with van der Waals surface area (Å²) in [7, 11) is 0. The number of ether oxygens (including phenoxy) is 1. The summed E-state index contributed by atoms with van der Waals surface area (Å²) in [5.41, 5.74) is 7.86. The van der Waals surface area contributed by atoms with Crippen LogP contribution in [0, 0.1) is 13.8 Å². The van der Waals surface area contributed by atoms with Crippen LogP contribution in [0.3, 0.4) is 0 Å². The Morgan fingerprint density at radius 3 is 3.00 bits per heavy atom. The van der Waals surface area contributed by atoms with Crippen molar-refractivity contribution in [3.05, 3.63) is 29.3 Å². The Hall–Kier alpha value is -1.55. The van der Waals surface area contributed by atoms with Crippen LogP contribution < -0.4 is 10.5 Å². The van der Waals surface area contributed by atoms with Gasteiger partial charge >= 0.3 is 0 Å². The van der Waals surface area contributed by atoms with Gasteiger partial charge in [0.25, 0.3) is 5.91 Å². The Morgan fingerprint density at radius 2 is 2.26 bits per heavy atom. The Bertz CT molecular complexity index is 459. The molecule has 0 spiro atoms. The van der Waals surface area contributed by atoms with Crippen molar-refractivity contribution in [2.45, 2.75) is 32.7 Å². The highest BCUT2D eigenvalue weighted by Gasteiger charge is 2.27. The fourth-order valence-corrected chi connectivity index (χ4v) is 2.49. The van der Waals surface area contributed by atoms with Gasteiger partial charge in [-0.1, -0.05) is 12.1 Å². The lowest BCUT2D eigenvalue weighted by molar-refractivity contribution is -0.134. The first-order valence-electron chi connectivity index (χ1n) is 6.81. The predicted octanol–water partition coefficient (Wildman–Crippen LogP) is 1.63. The lowest BCUT2D eigenvalue weighted by Gasteiger charge is -2.23. The number of amides is 1. The van der Waals surface area contributed by atoms with Crippen molar-refractivity contribution in [3.8, 4) is 5.75 Å². The number of aryl methyl sites for hydroxylation is 2. The number of likely N-dealkylation sites (tertiary alicyclic amines) is 1. The van der Waals surface area contributed by atoms with Crippen LogP contribution in [0.1, 0.15) is 24.0 Å². The molecule has 4 heteroatoms. The minimum atomic E-state index is 0.0360. The number of hydrogen-bond acceptors (Lipinski definition) is 3. The largest absolute Gasteiger partial charge is 0.483 e. The molecule has 0 aliphatic carbocycles. The molecule has 0 saturated carbocycles. The molecule has 1 amide bonds. The lowest BCUT2D eigenvalue weighted by Crippen LogP contribution is -2.42. The molecular formula is C15H22N2O2. The molecule has 1 aliphatic rings. The second kappa shape index (κ2) is 6.06. The molecule has 1 aromatic carbocycles. The lowest BCUT2D eigenvalue weighted by atomic mass is 10.1. The minimum Gasteiger partial charge on any atom is -0.483 e. The standard InChI is InChI=1S/C15H22N2O2/c1-11-5-6-12(2)14(8-11)19-10-15(18)17-7-3-4-13(17)9-16/h5-6,8,13H,3-4,7,9-10,16H2,1-2H3/t13-/m1/s1. The first-order valence-corrected chi connectivity index (χ1v) is 6.81. The van der Waals surface area contributed by atoms with Crippen molar-refractivity contribution in [1.82, 2.24) is 4.90 Å². The smallest absolute Gasteiger partial charge is 0.260 e. The summed E-state index contributed by atoms with van der Waals surface area (Å²) in [6.45, 7) is 5.43. The van der Waals surface area contributed by atoms with Gasteiger partial charge in [0.2, 0.25) is 0 Å². The van der Waals surface area contributed by atoms with Crippen LogP contribution in [-0.4, -0.2) is 36.5 Å². The maximum absolute atomic E-state index is 12.1. The number of benzene rings is 1. The molecule has 1 saturated heterocycles. The summed E-state index contributed by atoms with van der Waals surface area (Å²) in [5, 5.41) is 0. The zero-order chi connectivity index (χ0) is 13.8. The van der Waals surface area contributed by atoms with Crippen LogP contribution in [0.5, 0.6) is 5.75 Å². The Balaban J connectivity index is 1.95. The zero-order valence-corrected chi connectivity index (χ0v) is 11.7. The molecule has 0 aromatic heterocycles. The third-order valence-electron chi connectivity index (χ3n) is 3.66. The number of carbonyl (C=O) groups is 1. The van der Waals surface area contributed by atoms with Crippen LogP contribution in [0.25, 0.3) is 0 Å². The second-order valence-electron chi connectivity index (χ2n) is 5.18. The van der Waals surface area contributed by atoms with E-state index in [4.69, 9.17) is 10.5 Å². The van der Waals surface area contributed by atoms with E-state index in [-0.39, 0.29) is 18.6 Å². The molecule has 104 valence electrons. The number of nitrogens with two attached hydrogens (primary N) is 1. The molecule has 1 fully saturated rings. The molecule has 1 atom stereocenters. The van der Waals surface area contributed by atoms with E-state index < -0.39 is 0 Å². The SMILES string of the molecule is Cc1ccc(C)c(OCC(=O)N2CCC[C@@H]2CN)c1. The Labute approximate surface area is 114 Å². The van der Waals surface area contributed by atoms with Gasteiger partial charge in [-0.05, 0) is 43.9 Å². The van der Waals surface area contributed by atoms with Crippen molar-refractivity contribution in [2.24, 2.45) is 5.73 Å². The van der Waals surface area contributed by atoms with E-state index in [1.54, 1.807) is 0 Å². The second-order valence-corrected chi connectivity index (χ2v) is 5.18. The van der Waals surface area contributed by atoms with Gasteiger partial charge in [0.1, 0.15) is 5.75 Å². The first kappa shape index (κ1) is 13.9. The van der Waals surface area contributed by atoms with Crippen LogP contribution in [-0.2, 0) is 4.79 Å². The van der Waals surface area contributed by atoms with Gasteiger partial charge < -0.3 is 15.4 Å². The Kier molecular flexibility index (Phi) is 4.43. The maximum Gasteiger partial charge on any atom is 0.260 e. The third-order valence-corrected chi connectivity index (χ3v) is 3.66. The summed E-state index contributed by atoms with van der Waals surface area (Å²) < 4.78 is 5.65. The molecule has 1 aromatic rings. The van der Waals surface area contributed by atoms with Crippen molar-refractivity contribution in [3.63, 3.8) is 0 Å². The van der Waals surface area contributed by atoms with Gasteiger partial charge in [-0.3, -0.25) is 4.79 Å². The predicted molar refractivity (Wildman–Crippen MR) is 75.2 cm³/mol. The Morgan fingerprint density at radius 1 is 1.47 bits per heavy atom. The summed E-state index contributed by atoms with van der Waals surface area (Å²) in [4.78, 5) is 14.0. The molecule has 4 nitrogen and oxygen atoms in total. The average molecular weight is 262 g/mol. The molecule has 2 rings (SSSR count). The van der Waals surface area contributed by atoms with Crippen molar-refractivity contribution in [1.29, 1.82) is 0 Å². The van der Waals surface area contributed by atoms with E-state index in [0.29, 0.717) is 6.54 Å². The van der Waals surface area contributed by atoms with Gasteiger partial charge in [-0.2, -0.15) is 0 Å². The normalized spacial score (nSPS) is 18.7. The summed E-state index contributed by atoms with van der Waals surface area (Å²) in [6.07, 6.45) is 2.04. The monoisotopic (exact) mass is 262 g/mol. The third kappa shape index (κ3) is 3.26. The topological polar surface area (TPSA) is 55.6 Å². The number of carbonyl (C=O) groups excluding carboxylic acids is 1. The van der Waals surface area contributed by atoms with E-state index >= 15 is 0 Å². The van der Waals surface area contributed by atoms with E-state index in [9.17, 15) is 4.79 Å². The van der Waals surface area contributed by atoms with Gasteiger partial charge in [-0.25, -0.2) is 0 Å². The summed E-state index contributed by atoms with van der Waals surface area (Å²) in [5.74, 6) is 0.825. The highest BCUT2D eigenvalue weighted by Crippen LogP contribution is 2.20. The summed E-state index contributed by atoms with van der Waals surface area (Å²) in [6, 6.07) is 6.20. The van der Waals surface area contributed by atoms with Gasteiger partial charge in [0, 0.05) is 19.1 Å². The van der Waals surface area contributed by atoms with Crippen molar-refractivity contribution < 1.29 is 9.53 Å². The zero-order valence-electron chi connectivity index (χ0n) is 11.7. The van der Waals surface area contributed by atoms with Crippen molar-refractivity contribution >= 4 is 5.91 Å². The van der Waals surface area contributed by atoms with E-state index in [0.717, 1.165) is 36.3 Å². The molecule has 19 heavy (non-hydrogen) atoms. The fourth-order valence-electron chi connectivity index (χ4n) is 2.49. The van der Waals surface area contributed by atoms with E-state index in [2.05, 4.69) is 0 Å². The van der Waals surface area contributed by atoms with Gasteiger partial charge in [-0.15, -0.1) is 0 Å². The molecule has 1 heterocycles. The molecule has 0 radical (unpaired) electrons. The molecule has 0 bridgehead atoms. The summed E-state index contributed by atoms with van der Waals surface area (Å²) >= 11 is 0.